The van der Waals surface area contributed by atoms with Crippen molar-refractivity contribution in [2.75, 3.05) is 11.1 Å². The molecule has 0 bridgehead atoms. The lowest BCUT2D eigenvalue weighted by atomic mass is 9.80. The van der Waals surface area contributed by atoms with E-state index in [4.69, 9.17) is 5.73 Å². The number of nitrogens with one attached hydrogen (secondary N) is 1. The van der Waals surface area contributed by atoms with Crippen molar-refractivity contribution in [3.63, 3.8) is 0 Å². The predicted octanol–water partition coefficient (Wildman–Crippen LogP) is 3.31. The van der Waals surface area contributed by atoms with Gasteiger partial charge in [0.2, 0.25) is 5.82 Å². The summed E-state index contributed by atoms with van der Waals surface area (Å²) in [5.74, 6) is -0.116. The lowest BCUT2D eigenvalue weighted by Crippen LogP contribution is -2.31. The van der Waals surface area contributed by atoms with E-state index in [1.807, 2.05) is 0 Å². The Kier molecular flexibility index (Phi) is 4.06. The van der Waals surface area contributed by atoms with Crippen molar-refractivity contribution in [2.45, 2.75) is 45.3 Å². The third kappa shape index (κ3) is 3.74. The van der Waals surface area contributed by atoms with E-state index >= 15 is 0 Å². The summed E-state index contributed by atoms with van der Waals surface area (Å²) in [7, 11) is 0. The van der Waals surface area contributed by atoms with Crippen LogP contribution in [-0.2, 0) is 6.18 Å². The Balaban J connectivity index is 2.15. The Morgan fingerprint density at radius 2 is 1.75 bits per heavy atom. The first-order valence-electron chi connectivity index (χ1n) is 6.72. The molecule has 2 atom stereocenters. The highest BCUT2D eigenvalue weighted by molar-refractivity contribution is 5.45. The van der Waals surface area contributed by atoms with Crippen molar-refractivity contribution in [1.29, 1.82) is 0 Å². The van der Waals surface area contributed by atoms with Gasteiger partial charge in [0.05, 0.1) is 0 Å². The normalized spacial score (nSPS) is 27.4. The molecule has 1 saturated carbocycles. The summed E-state index contributed by atoms with van der Waals surface area (Å²) >= 11 is 0. The number of alkyl halides is 3. The van der Waals surface area contributed by atoms with Gasteiger partial charge in [-0.25, -0.2) is 9.97 Å². The lowest BCUT2D eigenvalue weighted by Gasteiger charge is -2.32. The molecule has 2 unspecified atom stereocenters. The minimum atomic E-state index is -4.58. The van der Waals surface area contributed by atoms with E-state index in [2.05, 4.69) is 29.1 Å². The van der Waals surface area contributed by atoms with Crippen LogP contribution in [0.2, 0.25) is 0 Å². The lowest BCUT2D eigenvalue weighted by molar-refractivity contribution is -0.144. The van der Waals surface area contributed by atoms with E-state index in [1.165, 1.54) is 6.07 Å². The van der Waals surface area contributed by atoms with Crippen molar-refractivity contribution in [3.05, 3.63) is 11.9 Å². The van der Waals surface area contributed by atoms with Gasteiger partial charge in [-0.15, -0.1) is 0 Å². The summed E-state index contributed by atoms with van der Waals surface area (Å²) in [6.45, 7) is 4.31. The van der Waals surface area contributed by atoms with Gasteiger partial charge < -0.3 is 11.1 Å². The zero-order valence-electron chi connectivity index (χ0n) is 11.5. The molecule has 0 amide bonds. The highest BCUT2D eigenvalue weighted by Gasteiger charge is 2.35. The van der Waals surface area contributed by atoms with Crippen LogP contribution in [0, 0.1) is 11.8 Å². The third-order valence-electron chi connectivity index (χ3n) is 3.53. The topological polar surface area (TPSA) is 63.8 Å². The SMILES string of the molecule is CC1CC(C)CC(Nc2cc(N)nc(C(F)(F)F)n2)C1. The highest BCUT2D eigenvalue weighted by atomic mass is 19.4. The zero-order chi connectivity index (χ0) is 14.9. The van der Waals surface area contributed by atoms with Gasteiger partial charge in [0.1, 0.15) is 11.6 Å². The van der Waals surface area contributed by atoms with Crippen LogP contribution in [0.4, 0.5) is 24.8 Å². The van der Waals surface area contributed by atoms with Crippen LogP contribution in [0.25, 0.3) is 0 Å². The van der Waals surface area contributed by atoms with Crippen LogP contribution >= 0.6 is 0 Å². The number of rotatable bonds is 2. The van der Waals surface area contributed by atoms with Gasteiger partial charge in [-0.1, -0.05) is 13.8 Å². The van der Waals surface area contributed by atoms with Gasteiger partial charge in [0.15, 0.2) is 0 Å². The van der Waals surface area contributed by atoms with Crippen LogP contribution < -0.4 is 11.1 Å². The number of aromatic nitrogens is 2. The number of nitrogens with two attached hydrogens (primary N) is 1. The Morgan fingerprint density at radius 3 is 2.30 bits per heavy atom. The first-order valence-corrected chi connectivity index (χ1v) is 6.72. The van der Waals surface area contributed by atoms with Crippen molar-refractivity contribution in [1.82, 2.24) is 9.97 Å². The van der Waals surface area contributed by atoms with Crippen LogP contribution in [0.3, 0.4) is 0 Å². The van der Waals surface area contributed by atoms with Crippen molar-refractivity contribution < 1.29 is 13.2 Å². The maximum absolute atomic E-state index is 12.6. The minimum Gasteiger partial charge on any atom is -0.384 e. The van der Waals surface area contributed by atoms with Crippen molar-refractivity contribution >= 4 is 11.6 Å². The predicted molar refractivity (Wildman–Crippen MR) is 71.0 cm³/mol. The van der Waals surface area contributed by atoms with E-state index < -0.39 is 12.0 Å². The zero-order valence-corrected chi connectivity index (χ0v) is 11.5. The largest absolute Gasteiger partial charge is 0.451 e. The second kappa shape index (κ2) is 5.46. The summed E-state index contributed by atoms with van der Waals surface area (Å²) in [4.78, 5) is 6.75. The molecule has 4 nitrogen and oxygen atoms in total. The Labute approximate surface area is 116 Å². The van der Waals surface area contributed by atoms with Crippen LogP contribution in [-0.4, -0.2) is 16.0 Å². The molecule has 112 valence electrons. The highest BCUT2D eigenvalue weighted by Crippen LogP contribution is 2.31. The molecule has 0 saturated heterocycles. The standard InChI is InChI=1S/C13H19F3N4/c1-7-3-8(2)5-9(4-7)18-11-6-10(17)19-12(20-11)13(14,15)16/h6-9H,3-5H2,1-2H3,(H3,17,18,19,20). The van der Waals surface area contributed by atoms with Crippen LogP contribution in [0.1, 0.15) is 38.9 Å². The maximum Gasteiger partial charge on any atom is 0.451 e. The summed E-state index contributed by atoms with van der Waals surface area (Å²) in [6, 6.07) is 1.48. The van der Waals surface area contributed by atoms with E-state index in [0.29, 0.717) is 11.8 Å². The molecule has 0 radical (unpaired) electrons. The van der Waals surface area contributed by atoms with Crippen molar-refractivity contribution in [3.8, 4) is 0 Å². The van der Waals surface area contributed by atoms with E-state index in [1.54, 1.807) is 0 Å². The smallest absolute Gasteiger partial charge is 0.384 e. The number of nitrogen functional groups attached to an aromatic ring is 1. The molecule has 7 heteroatoms. The Morgan fingerprint density at radius 1 is 1.15 bits per heavy atom. The van der Waals surface area contributed by atoms with Gasteiger partial charge >= 0.3 is 6.18 Å². The second-order valence-electron chi connectivity index (χ2n) is 5.76. The second-order valence-corrected chi connectivity index (χ2v) is 5.76. The molecule has 1 heterocycles. The van der Waals surface area contributed by atoms with Gasteiger partial charge in [0, 0.05) is 12.1 Å². The van der Waals surface area contributed by atoms with E-state index in [-0.39, 0.29) is 17.7 Å². The molecule has 0 aliphatic heterocycles. The first-order chi connectivity index (χ1) is 9.24. The van der Waals surface area contributed by atoms with E-state index in [9.17, 15) is 13.2 Å². The number of nitrogens with zero attached hydrogens (tertiary/aromatic N) is 2. The molecule has 1 fully saturated rings. The van der Waals surface area contributed by atoms with Crippen LogP contribution in [0.5, 0.6) is 0 Å². The quantitative estimate of drug-likeness (QED) is 0.876. The van der Waals surface area contributed by atoms with Gasteiger partial charge in [-0.05, 0) is 31.1 Å². The molecule has 1 aliphatic carbocycles. The van der Waals surface area contributed by atoms with Crippen LogP contribution in [0.15, 0.2) is 6.07 Å². The molecule has 1 aliphatic rings. The third-order valence-corrected chi connectivity index (χ3v) is 3.53. The molecule has 0 spiro atoms. The van der Waals surface area contributed by atoms with Gasteiger partial charge in [0.25, 0.3) is 0 Å². The first kappa shape index (κ1) is 14.9. The summed E-state index contributed by atoms with van der Waals surface area (Å²) in [5, 5.41) is 3.06. The van der Waals surface area contributed by atoms with E-state index in [0.717, 1.165) is 19.3 Å². The fraction of sp³-hybridized carbons (Fsp3) is 0.692. The summed E-state index contributed by atoms with van der Waals surface area (Å²) in [6.07, 6.45) is -1.58. The fourth-order valence-electron chi connectivity index (χ4n) is 2.94. The maximum atomic E-state index is 12.6. The minimum absolute atomic E-state index is 0.129. The molecule has 20 heavy (non-hydrogen) atoms. The fourth-order valence-corrected chi connectivity index (χ4v) is 2.94. The van der Waals surface area contributed by atoms with Gasteiger partial charge in [-0.3, -0.25) is 0 Å². The average molecular weight is 288 g/mol. The monoisotopic (exact) mass is 288 g/mol. The molecular weight excluding hydrogens is 269 g/mol. The number of hydrogen-bond donors (Lipinski definition) is 2. The molecule has 1 aromatic heterocycles. The number of halogens is 3. The molecule has 1 aromatic rings. The Hall–Kier alpha value is -1.53. The summed E-state index contributed by atoms with van der Waals surface area (Å²) in [5.41, 5.74) is 5.42. The van der Waals surface area contributed by atoms with Gasteiger partial charge in [-0.2, -0.15) is 13.2 Å². The molecular formula is C13H19F3N4. The molecule has 3 N–H and O–H groups in total. The molecule has 2 rings (SSSR count). The number of hydrogen-bond acceptors (Lipinski definition) is 4. The van der Waals surface area contributed by atoms with Crippen molar-refractivity contribution in [2.24, 2.45) is 11.8 Å². The number of anilines is 2. The summed E-state index contributed by atoms with van der Waals surface area (Å²) < 4.78 is 37.9. The average Bonchev–Trinajstić information content (AvgIpc) is 2.25. The molecule has 0 aromatic carbocycles. The Bertz CT molecular complexity index is 465.